The molecule has 148 valence electrons. The molecule has 0 spiro atoms. The van der Waals surface area contributed by atoms with Gasteiger partial charge in [-0.15, -0.1) is 0 Å². The average Bonchev–Trinajstić information content (AvgIpc) is 3.06. The fourth-order valence-electron chi connectivity index (χ4n) is 3.66. The first-order chi connectivity index (χ1) is 13.4. The number of carbonyl (C=O) groups is 1. The number of fused-ring (bicyclic) bond motifs is 1. The number of methoxy groups -OCH3 is 1. The van der Waals surface area contributed by atoms with Gasteiger partial charge in [0.2, 0.25) is 5.91 Å². The molecule has 3 rings (SSSR count). The maximum absolute atomic E-state index is 12.7. The van der Waals surface area contributed by atoms with E-state index in [-0.39, 0.29) is 11.9 Å². The summed E-state index contributed by atoms with van der Waals surface area (Å²) >= 11 is 0. The van der Waals surface area contributed by atoms with E-state index >= 15 is 0 Å². The monoisotopic (exact) mass is 380 g/mol. The lowest BCUT2D eigenvalue weighted by Gasteiger charge is -2.20. The van der Waals surface area contributed by atoms with Crippen molar-refractivity contribution in [3.8, 4) is 5.75 Å². The Morgan fingerprint density at radius 1 is 1.25 bits per heavy atom. The minimum atomic E-state index is -0.0692. The molecule has 0 saturated heterocycles. The molecule has 0 saturated carbocycles. The molecule has 0 aliphatic carbocycles. The van der Waals surface area contributed by atoms with E-state index in [0.717, 1.165) is 46.0 Å². The van der Waals surface area contributed by atoms with Crippen LogP contribution in [0.3, 0.4) is 0 Å². The summed E-state index contributed by atoms with van der Waals surface area (Å²) in [5.74, 6) is 0.818. The summed E-state index contributed by atoms with van der Waals surface area (Å²) in [4.78, 5) is 17.3. The van der Waals surface area contributed by atoms with E-state index in [1.54, 1.807) is 7.11 Å². The summed E-state index contributed by atoms with van der Waals surface area (Å²) in [7, 11) is 1.65. The number of aromatic nitrogens is 3. The Balaban J connectivity index is 1.72. The number of aryl methyl sites for hydroxylation is 3. The van der Waals surface area contributed by atoms with E-state index in [9.17, 15) is 4.79 Å². The molecule has 0 bridgehead atoms. The predicted molar refractivity (Wildman–Crippen MR) is 110 cm³/mol. The van der Waals surface area contributed by atoms with Crippen molar-refractivity contribution in [2.75, 3.05) is 7.11 Å². The quantitative estimate of drug-likeness (QED) is 0.676. The molecule has 2 heterocycles. The van der Waals surface area contributed by atoms with Gasteiger partial charge in [-0.25, -0.2) is 9.50 Å². The minimum Gasteiger partial charge on any atom is -0.496 e. The molecular weight excluding hydrogens is 352 g/mol. The lowest BCUT2D eigenvalue weighted by atomic mass is 10.0. The Kier molecular flexibility index (Phi) is 5.97. The van der Waals surface area contributed by atoms with Crippen LogP contribution in [0, 0.1) is 20.8 Å². The molecule has 28 heavy (non-hydrogen) atoms. The Bertz CT molecular complexity index is 994. The molecule has 2 aromatic heterocycles. The second kappa shape index (κ2) is 8.42. The number of hydrogen-bond acceptors (Lipinski definition) is 4. The van der Waals surface area contributed by atoms with Crippen LogP contribution in [0.25, 0.3) is 5.65 Å². The van der Waals surface area contributed by atoms with Crippen LogP contribution in [0.5, 0.6) is 5.75 Å². The highest BCUT2D eigenvalue weighted by molar-refractivity contribution is 5.77. The van der Waals surface area contributed by atoms with Crippen LogP contribution >= 0.6 is 0 Å². The van der Waals surface area contributed by atoms with Crippen LogP contribution in [0.2, 0.25) is 0 Å². The normalized spacial score (nSPS) is 12.2. The number of benzene rings is 1. The number of amides is 1. The summed E-state index contributed by atoms with van der Waals surface area (Å²) < 4.78 is 7.30. The molecule has 1 unspecified atom stereocenters. The molecule has 3 aromatic rings. The van der Waals surface area contributed by atoms with Crippen molar-refractivity contribution in [3.05, 3.63) is 58.5 Å². The second-order valence-electron chi connectivity index (χ2n) is 7.09. The Labute approximate surface area is 165 Å². The third-order valence-corrected chi connectivity index (χ3v) is 5.15. The van der Waals surface area contributed by atoms with Gasteiger partial charge in [-0.3, -0.25) is 4.79 Å². The number of ether oxygens (including phenoxy) is 1. The van der Waals surface area contributed by atoms with Crippen molar-refractivity contribution in [3.63, 3.8) is 0 Å². The van der Waals surface area contributed by atoms with Gasteiger partial charge >= 0.3 is 0 Å². The maximum atomic E-state index is 12.7. The second-order valence-corrected chi connectivity index (χ2v) is 7.09. The molecule has 0 aliphatic rings. The lowest BCUT2D eigenvalue weighted by molar-refractivity contribution is -0.121. The largest absolute Gasteiger partial charge is 0.496 e. The van der Waals surface area contributed by atoms with Crippen LogP contribution in [0.4, 0.5) is 0 Å². The van der Waals surface area contributed by atoms with E-state index in [2.05, 4.69) is 22.3 Å². The van der Waals surface area contributed by atoms with Crippen molar-refractivity contribution in [1.82, 2.24) is 19.9 Å². The van der Waals surface area contributed by atoms with Crippen LogP contribution in [0.15, 0.2) is 30.3 Å². The van der Waals surface area contributed by atoms with E-state index in [1.807, 2.05) is 55.6 Å². The van der Waals surface area contributed by atoms with Crippen molar-refractivity contribution >= 4 is 11.6 Å². The van der Waals surface area contributed by atoms with Gasteiger partial charge < -0.3 is 10.1 Å². The molecule has 0 radical (unpaired) electrons. The first-order valence-electron chi connectivity index (χ1n) is 9.69. The van der Waals surface area contributed by atoms with Crippen molar-refractivity contribution < 1.29 is 9.53 Å². The zero-order valence-corrected chi connectivity index (χ0v) is 17.2. The first kappa shape index (κ1) is 19.9. The smallest absolute Gasteiger partial charge is 0.220 e. The van der Waals surface area contributed by atoms with Gasteiger partial charge in [0, 0.05) is 29.4 Å². The van der Waals surface area contributed by atoms with Crippen LogP contribution in [0.1, 0.15) is 54.0 Å². The first-order valence-corrected chi connectivity index (χ1v) is 9.69. The van der Waals surface area contributed by atoms with Gasteiger partial charge in [0.25, 0.3) is 0 Å². The van der Waals surface area contributed by atoms with Gasteiger partial charge in [-0.05, 0) is 45.2 Å². The Morgan fingerprint density at radius 3 is 2.71 bits per heavy atom. The molecular formula is C22H28N4O2. The summed E-state index contributed by atoms with van der Waals surface area (Å²) in [6, 6.07) is 9.72. The van der Waals surface area contributed by atoms with Crippen LogP contribution < -0.4 is 10.1 Å². The van der Waals surface area contributed by atoms with Gasteiger partial charge in [0.05, 0.1) is 18.8 Å². The number of nitrogens with one attached hydrogen (secondary N) is 1. The van der Waals surface area contributed by atoms with Gasteiger partial charge in [0.1, 0.15) is 5.75 Å². The number of nitrogens with zero attached hydrogens (tertiary/aromatic N) is 3. The maximum Gasteiger partial charge on any atom is 0.220 e. The molecule has 6 heteroatoms. The molecule has 0 fully saturated rings. The SMILES string of the molecule is CCC(NC(=O)CCc1c(C)nc2cc(C)nn2c1C)c1ccccc1OC. The molecule has 6 nitrogen and oxygen atoms in total. The van der Waals surface area contributed by atoms with E-state index in [4.69, 9.17) is 4.74 Å². The number of rotatable bonds is 7. The van der Waals surface area contributed by atoms with Crippen LogP contribution in [-0.2, 0) is 11.2 Å². The fraction of sp³-hybridized carbons (Fsp3) is 0.409. The van der Waals surface area contributed by atoms with Gasteiger partial charge in [-0.1, -0.05) is 25.1 Å². The van der Waals surface area contributed by atoms with E-state index < -0.39 is 0 Å². The van der Waals surface area contributed by atoms with Gasteiger partial charge in [-0.2, -0.15) is 5.10 Å². The third kappa shape index (κ3) is 4.01. The lowest BCUT2D eigenvalue weighted by Crippen LogP contribution is -2.28. The summed E-state index contributed by atoms with van der Waals surface area (Å²) in [6.07, 6.45) is 1.83. The zero-order valence-electron chi connectivity index (χ0n) is 17.2. The molecule has 1 atom stereocenters. The van der Waals surface area contributed by atoms with E-state index in [0.29, 0.717) is 12.8 Å². The minimum absolute atomic E-state index is 0.0216. The highest BCUT2D eigenvalue weighted by atomic mass is 16.5. The Morgan fingerprint density at radius 2 is 2.00 bits per heavy atom. The summed E-state index contributed by atoms with van der Waals surface area (Å²) in [5, 5.41) is 7.65. The fourth-order valence-corrected chi connectivity index (χ4v) is 3.66. The van der Waals surface area contributed by atoms with Gasteiger partial charge in [0.15, 0.2) is 5.65 Å². The number of carbonyl (C=O) groups excluding carboxylic acids is 1. The summed E-state index contributed by atoms with van der Waals surface area (Å²) in [6.45, 7) is 8.04. The predicted octanol–water partition coefficient (Wildman–Crippen LogP) is 3.86. The average molecular weight is 380 g/mol. The molecule has 1 N–H and O–H groups in total. The molecule has 0 aliphatic heterocycles. The van der Waals surface area contributed by atoms with Crippen molar-refractivity contribution in [2.45, 2.75) is 53.0 Å². The van der Waals surface area contributed by atoms with Crippen molar-refractivity contribution in [2.24, 2.45) is 0 Å². The standard InChI is InChI=1S/C22H28N4O2/c1-6-19(18-9-7-8-10-20(18)28-5)24-22(27)12-11-17-15(3)23-21-13-14(2)25-26(21)16(17)4/h7-10,13,19H,6,11-12H2,1-5H3,(H,24,27). The third-order valence-electron chi connectivity index (χ3n) is 5.15. The van der Waals surface area contributed by atoms with Crippen LogP contribution in [-0.4, -0.2) is 27.6 Å². The molecule has 1 amide bonds. The van der Waals surface area contributed by atoms with E-state index in [1.165, 1.54) is 0 Å². The topological polar surface area (TPSA) is 68.5 Å². The van der Waals surface area contributed by atoms with Crippen molar-refractivity contribution in [1.29, 1.82) is 0 Å². The highest BCUT2D eigenvalue weighted by Gasteiger charge is 2.18. The number of hydrogen-bond donors (Lipinski definition) is 1. The summed E-state index contributed by atoms with van der Waals surface area (Å²) in [5.41, 5.74) is 5.87. The Hall–Kier alpha value is -2.89. The highest BCUT2D eigenvalue weighted by Crippen LogP contribution is 2.27. The number of para-hydroxylation sites is 1. The molecule has 1 aromatic carbocycles. The zero-order chi connectivity index (χ0) is 20.3.